The van der Waals surface area contributed by atoms with Gasteiger partial charge in [-0.25, -0.2) is 4.37 Å². The molecule has 0 saturated heterocycles. The van der Waals surface area contributed by atoms with E-state index in [1.165, 1.54) is 11.3 Å². The highest BCUT2D eigenvalue weighted by Gasteiger charge is 2.16. The zero-order chi connectivity index (χ0) is 10.1. The predicted octanol–water partition coefficient (Wildman–Crippen LogP) is 3.74. The molecule has 0 N–H and O–H groups in total. The number of hydrogen-bond acceptors (Lipinski definition) is 4. The summed E-state index contributed by atoms with van der Waals surface area (Å²) in [5.74, 6) is -0.124. The van der Waals surface area contributed by atoms with Gasteiger partial charge in [-0.1, -0.05) is 23.2 Å². The van der Waals surface area contributed by atoms with Gasteiger partial charge in [0.2, 0.25) is 5.78 Å². The van der Waals surface area contributed by atoms with Crippen molar-refractivity contribution in [2.24, 2.45) is 0 Å². The molecule has 2 aromatic heterocycles. The molecule has 0 amide bonds. The molecule has 2 aromatic rings. The van der Waals surface area contributed by atoms with E-state index in [9.17, 15) is 4.79 Å². The topological polar surface area (TPSA) is 30.0 Å². The van der Waals surface area contributed by atoms with Crippen molar-refractivity contribution in [3.8, 4) is 0 Å². The zero-order valence-corrected chi connectivity index (χ0v) is 9.80. The van der Waals surface area contributed by atoms with Crippen LogP contribution in [0.3, 0.4) is 0 Å². The molecule has 2 nitrogen and oxygen atoms in total. The van der Waals surface area contributed by atoms with Crippen molar-refractivity contribution in [3.63, 3.8) is 0 Å². The van der Waals surface area contributed by atoms with Crippen LogP contribution >= 0.6 is 46.1 Å². The van der Waals surface area contributed by atoms with Gasteiger partial charge in [0, 0.05) is 6.20 Å². The van der Waals surface area contributed by atoms with Gasteiger partial charge in [-0.2, -0.15) is 0 Å². The van der Waals surface area contributed by atoms with Crippen LogP contribution in [0.1, 0.15) is 15.2 Å². The molecule has 0 atom stereocenters. The van der Waals surface area contributed by atoms with Gasteiger partial charge in [0.1, 0.15) is 4.34 Å². The number of nitrogens with zero attached hydrogens (tertiary/aromatic N) is 1. The Morgan fingerprint density at radius 1 is 1.43 bits per heavy atom. The van der Waals surface area contributed by atoms with E-state index in [1.807, 2.05) is 0 Å². The Kier molecular flexibility index (Phi) is 2.88. The predicted molar refractivity (Wildman–Crippen MR) is 59.9 cm³/mol. The number of thiophene rings is 1. The highest BCUT2D eigenvalue weighted by atomic mass is 35.5. The lowest BCUT2D eigenvalue weighted by Gasteiger charge is -1.92. The fourth-order valence-corrected chi connectivity index (χ4v) is 2.97. The molecule has 0 saturated carbocycles. The summed E-state index contributed by atoms with van der Waals surface area (Å²) in [6, 6.07) is 3.24. The second-order valence-electron chi connectivity index (χ2n) is 2.44. The molecule has 0 aliphatic carbocycles. The Morgan fingerprint density at radius 2 is 2.21 bits per heavy atom. The molecule has 0 spiro atoms. The summed E-state index contributed by atoms with van der Waals surface area (Å²) in [4.78, 5) is 12.3. The van der Waals surface area contributed by atoms with Crippen molar-refractivity contribution >= 4 is 51.9 Å². The summed E-state index contributed by atoms with van der Waals surface area (Å²) >= 11 is 13.9. The summed E-state index contributed by atoms with van der Waals surface area (Å²) in [6.45, 7) is 0. The second-order valence-corrected chi connectivity index (χ2v) is 5.56. The van der Waals surface area contributed by atoms with Gasteiger partial charge in [0.25, 0.3) is 0 Å². The lowest BCUT2D eigenvalue weighted by atomic mass is 10.2. The van der Waals surface area contributed by atoms with E-state index >= 15 is 0 Å². The first kappa shape index (κ1) is 10.1. The zero-order valence-electron chi connectivity index (χ0n) is 6.66. The standard InChI is InChI=1S/C8H3Cl2NOS2/c9-6-3-4(8(10)13-6)7(12)5-1-2-11-14-5/h1-3H. The van der Waals surface area contributed by atoms with Gasteiger partial charge < -0.3 is 0 Å². The van der Waals surface area contributed by atoms with Crippen molar-refractivity contribution in [2.45, 2.75) is 0 Å². The van der Waals surface area contributed by atoms with Crippen LogP contribution in [0.4, 0.5) is 0 Å². The third-order valence-electron chi connectivity index (χ3n) is 1.56. The van der Waals surface area contributed by atoms with E-state index in [4.69, 9.17) is 23.2 Å². The third kappa shape index (κ3) is 1.83. The maximum atomic E-state index is 11.8. The number of aromatic nitrogens is 1. The number of hydrogen-bond donors (Lipinski definition) is 0. The minimum atomic E-state index is -0.124. The fourth-order valence-electron chi connectivity index (χ4n) is 0.961. The van der Waals surface area contributed by atoms with Crippen LogP contribution in [0.25, 0.3) is 0 Å². The number of carbonyl (C=O) groups excluding carboxylic acids is 1. The van der Waals surface area contributed by atoms with E-state index in [0.29, 0.717) is 19.1 Å². The number of rotatable bonds is 2. The SMILES string of the molecule is O=C(c1ccns1)c1cc(Cl)sc1Cl. The molecule has 6 heteroatoms. The molecule has 72 valence electrons. The van der Waals surface area contributed by atoms with E-state index in [-0.39, 0.29) is 5.78 Å². The maximum absolute atomic E-state index is 11.8. The summed E-state index contributed by atoms with van der Waals surface area (Å²) in [6.07, 6.45) is 1.58. The molecule has 0 bridgehead atoms. The van der Waals surface area contributed by atoms with E-state index in [0.717, 1.165) is 11.5 Å². The molecule has 0 aliphatic rings. The molecule has 14 heavy (non-hydrogen) atoms. The summed E-state index contributed by atoms with van der Waals surface area (Å²) in [5, 5.41) is 0. The summed E-state index contributed by atoms with van der Waals surface area (Å²) in [5.41, 5.74) is 0.450. The first-order chi connectivity index (χ1) is 6.68. The summed E-state index contributed by atoms with van der Waals surface area (Å²) < 4.78 is 4.79. The lowest BCUT2D eigenvalue weighted by molar-refractivity contribution is 0.104. The molecule has 0 unspecified atom stereocenters. The Labute approximate surface area is 98.3 Å². The molecule has 0 fully saturated rings. The van der Waals surface area contributed by atoms with Crippen LogP contribution in [-0.4, -0.2) is 10.2 Å². The van der Waals surface area contributed by atoms with Crippen LogP contribution in [0, 0.1) is 0 Å². The van der Waals surface area contributed by atoms with Crippen LogP contribution in [0.5, 0.6) is 0 Å². The average molecular weight is 264 g/mol. The normalized spacial score (nSPS) is 10.4. The average Bonchev–Trinajstić information content (AvgIpc) is 2.73. The second kappa shape index (κ2) is 3.98. The van der Waals surface area contributed by atoms with Crippen molar-refractivity contribution in [1.82, 2.24) is 4.37 Å². The van der Waals surface area contributed by atoms with Gasteiger partial charge in [-0.3, -0.25) is 4.79 Å². The molecule has 0 radical (unpaired) electrons. The first-order valence-corrected chi connectivity index (χ1v) is 5.93. The minimum Gasteiger partial charge on any atom is -0.288 e. The number of carbonyl (C=O) groups is 1. The fraction of sp³-hybridized carbons (Fsp3) is 0. The quantitative estimate of drug-likeness (QED) is 0.773. The third-order valence-corrected chi connectivity index (χ3v) is 3.80. The monoisotopic (exact) mass is 263 g/mol. The Bertz CT molecular complexity index is 464. The maximum Gasteiger partial charge on any atom is 0.206 e. The molecule has 2 heterocycles. The van der Waals surface area contributed by atoms with Gasteiger partial charge in [-0.15, -0.1) is 11.3 Å². The van der Waals surface area contributed by atoms with Gasteiger partial charge in [0.15, 0.2) is 0 Å². The van der Waals surface area contributed by atoms with Crippen molar-refractivity contribution in [1.29, 1.82) is 0 Å². The van der Waals surface area contributed by atoms with Gasteiger partial charge >= 0.3 is 0 Å². The van der Waals surface area contributed by atoms with Crippen molar-refractivity contribution < 1.29 is 4.79 Å². The molecular weight excluding hydrogens is 261 g/mol. The van der Waals surface area contributed by atoms with Gasteiger partial charge in [-0.05, 0) is 23.7 Å². The largest absolute Gasteiger partial charge is 0.288 e. The summed E-state index contributed by atoms with van der Waals surface area (Å²) in [7, 11) is 0. The van der Waals surface area contributed by atoms with Crippen molar-refractivity contribution in [3.05, 3.63) is 37.4 Å². The van der Waals surface area contributed by atoms with Crippen LogP contribution in [0.15, 0.2) is 18.3 Å². The van der Waals surface area contributed by atoms with Crippen LogP contribution in [0.2, 0.25) is 8.67 Å². The Balaban J connectivity index is 2.41. The molecule has 2 rings (SSSR count). The van der Waals surface area contributed by atoms with Crippen molar-refractivity contribution in [2.75, 3.05) is 0 Å². The molecule has 0 aromatic carbocycles. The minimum absolute atomic E-state index is 0.124. The van der Waals surface area contributed by atoms with Crippen LogP contribution in [-0.2, 0) is 0 Å². The molecule has 0 aliphatic heterocycles. The Morgan fingerprint density at radius 3 is 2.71 bits per heavy atom. The highest BCUT2D eigenvalue weighted by Crippen LogP contribution is 2.32. The van der Waals surface area contributed by atoms with Gasteiger partial charge in [0.05, 0.1) is 14.8 Å². The number of ketones is 1. The Hall–Kier alpha value is -0.420. The van der Waals surface area contributed by atoms with Crippen LogP contribution < -0.4 is 0 Å². The lowest BCUT2D eigenvalue weighted by Crippen LogP contribution is -1.96. The van der Waals surface area contributed by atoms with E-state index < -0.39 is 0 Å². The van der Waals surface area contributed by atoms with E-state index in [1.54, 1.807) is 18.3 Å². The molecular formula is C8H3Cl2NOS2. The smallest absolute Gasteiger partial charge is 0.206 e. The van der Waals surface area contributed by atoms with E-state index in [2.05, 4.69) is 4.37 Å². The first-order valence-electron chi connectivity index (χ1n) is 3.58. The number of halogens is 2. The highest BCUT2D eigenvalue weighted by molar-refractivity contribution is 7.20.